The zero-order valence-electron chi connectivity index (χ0n) is 11.6. The van der Waals surface area contributed by atoms with Crippen molar-refractivity contribution in [3.8, 4) is 17.2 Å². The number of nitrogen functional groups attached to an aromatic ring is 1. The highest BCUT2D eigenvalue weighted by molar-refractivity contribution is 5.72. The molecule has 0 bridgehead atoms. The molecule has 1 aromatic heterocycles. The van der Waals surface area contributed by atoms with E-state index in [1.807, 2.05) is 30.3 Å². The molecule has 5 nitrogen and oxygen atoms in total. The van der Waals surface area contributed by atoms with Gasteiger partial charge in [0.15, 0.2) is 5.82 Å². The van der Waals surface area contributed by atoms with E-state index in [1.54, 1.807) is 25.3 Å². The average Bonchev–Trinajstić information content (AvgIpc) is 2.97. The Hall–Kier alpha value is -2.82. The Morgan fingerprint density at radius 1 is 1.14 bits per heavy atom. The van der Waals surface area contributed by atoms with Gasteiger partial charge in [0.2, 0.25) is 0 Å². The first-order valence-electron chi connectivity index (χ1n) is 6.56. The van der Waals surface area contributed by atoms with Gasteiger partial charge in [-0.2, -0.15) is 4.98 Å². The number of hydrogen-bond acceptors (Lipinski definition) is 5. The second kappa shape index (κ2) is 5.66. The van der Waals surface area contributed by atoms with Gasteiger partial charge in [-0.25, -0.2) is 0 Å². The molecule has 0 radical (unpaired) electrons. The lowest BCUT2D eigenvalue weighted by molar-refractivity contribution is 0.412. The first-order valence-corrected chi connectivity index (χ1v) is 6.56. The van der Waals surface area contributed by atoms with E-state index in [-0.39, 0.29) is 0 Å². The highest BCUT2D eigenvalue weighted by atomic mass is 16.5. The third kappa shape index (κ3) is 2.86. The standard InChI is InChI=1S/C16H15N3O2/c1-20-12-7-8-14(17)13(10-12)16-18-15(19-21-16)9-11-5-3-2-4-6-11/h2-8,10H,9,17H2,1H3. The van der Waals surface area contributed by atoms with Gasteiger partial charge in [0, 0.05) is 12.1 Å². The Labute approximate surface area is 122 Å². The number of nitrogens with two attached hydrogens (primary N) is 1. The molecule has 3 rings (SSSR count). The minimum Gasteiger partial charge on any atom is -0.497 e. The van der Waals surface area contributed by atoms with Gasteiger partial charge in [-0.15, -0.1) is 0 Å². The summed E-state index contributed by atoms with van der Waals surface area (Å²) in [7, 11) is 1.60. The fourth-order valence-corrected chi connectivity index (χ4v) is 2.06. The van der Waals surface area contributed by atoms with Crippen LogP contribution in [0.25, 0.3) is 11.5 Å². The van der Waals surface area contributed by atoms with Gasteiger partial charge in [-0.3, -0.25) is 0 Å². The number of nitrogens with zero attached hydrogens (tertiary/aromatic N) is 2. The third-order valence-corrected chi connectivity index (χ3v) is 3.16. The van der Waals surface area contributed by atoms with Crippen LogP contribution in [0.2, 0.25) is 0 Å². The lowest BCUT2D eigenvalue weighted by atomic mass is 10.1. The Morgan fingerprint density at radius 3 is 2.71 bits per heavy atom. The minimum absolute atomic E-state index is 0.400. The monoisotopic (exact) mass is 281 g/mol. The molecule has 0 saturated carbocycles. The Balaban J connectivity index is 1.88. The summed E-state index contributed by atoms with van der Waals surface area (Å²) < 4.78 is 10.5. The summed E-state index contributed by atoms with van der Waals surface area (Å²) in [6.45, 7) is 0. The molecule has 2 N–H and O–H groups in total. The number of rotatable bonds is 4. The summed E-state index contributed by atoms with van der Waals surface area (Å²) in [6.07, 6.45) is 0.619. The van der Waals surface area contributed by atoms with E-state index < -0.39 is 0 Å². The fourth-order valence-electron chi connectivity index (χ4n) is 2.06. The molecule has 0 aliphatic carbocycles. The van der Waals surface area contributed by atoms with Gasteiger partial charge in [0.05, 0.1) is 12.7 Å². The van der Waals surface area contributed by atoms with Crippen LogP contribution in [-0.4, -0.2) is 17.3 Å². The van der Waals surface area contributed by atoms with Crippen LogP contribution in [-0.2, 0) is 6.42 Å². The van der Waals surface area contributed by atoms with E-state index in [4.69, 9.17) is 15.0 Å². The molecule has 0 aliphatic rings. The van der Waals surface area contributed by atoms with Crippen molar-refractivity contribution < 1.29 is 9.26 Å². The summed E-state index contributed by atoms with van der Waals surface area (Å²) in [5, 5.41) is 4.00. The molecule has 0 atom stereocenters. The van der Waals surface area contributed by atoms with E-state index in [2.05, 4.69) is 10.1 Å². The summed E-state index contributed by atoms with van der Waals surface area (Å²) in [5.74, 6) is 1.72. The SMILES string of the molecule is COc1ccc(N)c(-c2nc(Cc3ccccc3)no2)c1. The largest absolute Gasteiger partial charge is 0.497 e. The third-order valence-electron chi connectivity index (χ3n) is 3.16. The van der Waals surface area contributed by atoms with Gasteiger partial charge in [0.1, 0.15) is 5.75 Å². The highest BCUT2D eigenvalue weighted by Crippen LogP contribution is 2.28. The van der Waals surface area contributed by atoms with Crippen molar-refractivity contribution in [2.45, 2.75) is 6.42 Å². The van der Waals surface area contributed by atoms with Gasteiger partial charge < -0.3 is 15.0 Å². The van der Waals surface area contributed by atoms with Crippen molar-refractivity contribution in [2.75, 3.05) is 12.8 Å². The fraction of sp³-hybridized carbons (Fsp3) is 0.125. The minimum atomic E-state index is 0.400. The highest BCUT2D eigenvalue weighted by Gasteiger charge is 2.13. The van der Waals surface area contributed by atoms with Crippen LogP contribution in [0.3, 0.4) is 0 Å². The van der Waals surface area contributed by atoms with Crippen molar-refractivity contribution >= 4 is 5.69 Å². The van der Waals surface area contributed by atoms with Crippen LogP contribution < -0.4 is 10.5 Å². The molecular weight excluding hydrogens is 266 g/mol. The Kier molecular flexibility index (Phi) is 3.55. The summed E-state index contributed by atoms with van der Waals surface area (Å²) in [6, 6.07) is 15.3. The van der Waals surface area contributed by atoms with Crippen LogP contribution in [0.4, 0.5) is 5.69 Å². The molecule has 0 aliphatic heterocycles. The zero-order chi connectivity index (χ0) is 14.7. The molecule has 0 unspecified atom stereocenters. The summed E-state index contributed by atoms with van der Waals surface area (Å²) in [5.41, 5.74) is 8.34. The lowest BCUT2D eigenvalue weighted by Crippen LogP contribution is -1.93. The second-order valence-electron chi connectivity index (χ2n) is 4.63. The van der Waals surface area contributed by atoms with Crippen LogP contribution in [0.15, 0.2) is 53.1 Å². The number of methoxy groups -OCH3 is 1. The van der Waals surface area contributed by atoms with Crippen LogP contribution in [0.5, 0.6) is 5.75 Å². The van der Waals surface area contributed by atoms with Gasteiger partial charge >= 0.3 is 0 Å². The molecule has 0 saturated heterocycles. The summed E-state index contributed by atoms with van der Waals surface area (Å²) in [4.78, 5) is 4.40. The molecule has 106 valence electrons. The molecule has 1 heterocycles. The van der Waals surface area contributed by atoms with Crippen LogP contribution >= 0.6 is 0 Å². The van der Waals surface area contributed by atoms with Gasteiger partial charge in [0.25, 0.3) is 5.89 Å². The first-order chi connectivity index (χ1) is 10.3. The smallest absolute Gasteiger partial charge is 0.260 e. The molecule has 0 fully saturated rings. The molecular formula is C16H15N3O2. The van der Waals surface area contributed by atoms with Crippen molar-refractivity contribution in [3.63, 3.8) is 0 Å². The Morgan fingerprint density at radius 2 is 1.95 bits per heavy atom. The van der Waals surface area contributed by atoms with Crippen LogP contribution in [0.1, 0.15) is 11.4 Å². The quantitative estimate of drug-likeness (QED) is 0.744. The van der Waals surface area contributed by atoms with Gasteiger partial charge in [-0.1, -0.05) is 35.5 Å². The maximum atomic E-state index is 5.95. The second-order valence-corrected chi connectivity index (χ2v) is 4.63. The number of aromatic nitrogens is 2. The average molecular weight is 281 g/mol. The number of ether oxygens (including phenoxy) is 1. The maximum absolute atomic E-state index is 5.95. The van der Waals surface area contributed by atoms with E-state index in [1.165, 1.54) is 0 Å². The van der Waals surface area contributed by atoms with E-state index in [0.29, 0.717) is 35.1 Å². The van der Waals surface area contributed by atoms with Crippen LogP contribution in [0, 0.1) is 0 Å². The van der Waals surface area contributed by atoms with Crippen molar-refractivity contribution in [2.24, 2.45) is 0 Å². The zero-order valence-corrected chi connectivity index (χ0v) is 11.6. The Bertz CT molecular complexity index is 738. The molecule has 0 amide bonds. The maximum Gasteiger partial charge on any atom is 0.260 e. The van der Waals surface area contributed by atoms with Crippen molar-refractivity contribution in [1.29, 1.82) is 0 Å². The number of hydrogen-bond donors (Lipinski definition) is 1. The predicted octanol–water partition coefficient (Wildman–Crippen LogP) is 2.92. The molecule has 21 heavy (non-hydrogen) atoms. The predicted molar refractivity (Wildman–Crippen MR) is 79.9 cm³/mol. The van der Waals surface area contributed by atoms with Gasteiger partial charge in [-0.05, 0) is 23.8 Å². The summed E-state index contributed by atoms with van der Waals surface area (Å²) >= 11 is 0. The molecule has 5 heteroatoms. The van der Waals surface area contributed by atoms with Crippen molar-refractivity contribution in [3.05, 3.63) is 59.9 Å². The van der Waals surface area contributed by atoms with E-state index >= 15 is 0 Å². The molecule has 2 aromatic carbocycles. The van der Waals surface area contributed by atoms with Crippen molar-refractivity contribution in [1.82, 2.24) is 10.1 Å². The first kappa shape index (κ1) is 13.2. The molecule has 3 aromatic rings. The van der Waals surface area contributed by atoms with E-state index in [9.17, 15) is 0 Å². The number of benzene rings is 2. The van der Waals surface area contributed by atoms with E-state index in [0.717, 1.165) is 5.56 Å². The molecule has 0 spiro atoms. The topological polar surface area (TPSA) is 74.2 Å². The normalized spacial score (nSPS) is 10.5. The number of anilines is 1. The lowest BCUT2D eigenvalue weighted by Gasteiger charge is -2.03.